The fourth-order valence-electron chi connectivity index (χ4n) is 3.77. The first-order valence-electron chi connectivity index (χ1n) is 7.86. The Labute approximate surface area is 125 Å². The highest BCUT2D eigenvalue weighted by Gasteiger charge is 2.37. The molecule has 21 heavy (non-hydrogen) atoms. The molecular formula is C17H22N4. The molecular weight excluding hydrogens is 260 g/mol. The van der Waals surface area contributed by atoms with Gasteiger partial charge in [-0.3, -0.25) is 0 Å². The molecule has 2 aliphatic heterocycles. The number of para-hydroxylation sites is 1. The van der Waals surface area contributed by atoms with E-state index in [1.807, 2.05) is 0 Å². The fourth-order valence-corrected chi connectivity index (χ4v) is 3.77. The average molecular weight is 282 g/mol. The van der Waals surface area contributed by atoms with Gasteiger partial charge in [-0.05, 0) is 20.0 Å². The Morgan fingerprint density at radius 2 is 2.19 bits per heavy atom. The average Bonchev–Trinajstić information content (AvgIpc) is 3.07. The van der Waals surface area contributed by atoms with Gasteiger partial charge in [-0.2, -0.15) is 5.10 Å². The van der Waals surface area contributed by atoms with Gasteiger partial charge < -0.3 is 14.9 Å². The highest BCUT2D eigenvalue weighted by molar-refractivity contribution is 5.92. The van der Waals surface area contributed by atoms with Gasteiger partial charge in [-0.25, -0.2) is 0 Å². The molecule has 4 rings (SSSR count). The Hall–Kier alpha value is -1.81. The van der Waals surface area contributed by atoms with Gasteiger partial charge in [0.1, 0.15) is 0 Å². The Morgan fingerprint density at radius 1 is 1.33 bits per heavy atom. The van der Waals surface area contributed by atoms with E-state index in [1.165, 1.54) is 22.2 Å². The van der Waals surface area contributed by atoms with Crippen molar-refractivity contribution in [3.05, 3.63) is 36.0 Å². The van der Waals surface area contributed by atoms with Gasteiger partial charge in [0.2, 0.25) is 0 Å². The van der Waals surface area contributed by atoms with Crippen LogP contribution in [0.4, 0.5) is 0 Å². The van der Waals surface area contributed by atoms with E-state index in [0.717, 1.165) is 26.1 Å². The molecule has 0 bridgehead atoms. The van der Waals surface area contributed by atoms with Crippen molar-refractivity contribution in [3.8, 4) is 0 Å². The van der Waals surface area contributed by atoms with Crippen molar-refractivity contribution in [1.29, 1.82) is 0 Å². The van der Waals surface area contributed by atoms with E-state index in [-0.39, 0.29) is 0 Å². The van der Waals surface area contributed by atoms with E-state index in [4.69, 9.17) is 0 Å². The molecule has 4 heteroatoms. The Kier molecular flexibility index (Phi) is 3.00. The Morgan fingerprint density at radius 3 is 3.05 bits per heavy atom. The summed E-state index contributed by atoms with van der Waals surface area (Å²) >= 11 is 0. The van der Waals surface area contributed by atoms with E-state index in [2.05, 4.69) is 64.4 Å². The number of nitrogens with one attached hydrogen (secondary N) is 1. The van der Waals surface area contributed by atoms with Gasteiger partial charge in [0.15, 0.2) is 0 Å². The zero-order chi connectivity index (χ0) is 14.4. The van der Waals surface area contributed by atoms with Crippen molar-refractivity contribution in [2.75, 3.05) is 20.1 Å². The third-order valence-electron chi connectivity index (χ3n) is 4.93. The fraction of sp³-hybridized carbons (Fsp3) is 0.471. The first-order valence-corrected chi connectivity index (χ1v) is 7.86. The predicted octanol–water partition coefficient (Wildman–Crippen LogP) is 2.61. The van der Waals surface area contributed by atoms with E-state index in [0.29, 0.717) is 12.0 Å². The number of hydrazone groups is 1. The molecule has 1 N–H and O–H groups in total. The number of piperidine rings is 1. The lowest BCUT2D eigenvalue weighted by molar-refractivity contribution is 0.273. The lowest BCUT2D eigenvalue weighted by Gasteiger charge is -2.30. The molecule has 0 amide bonds. The molecule has 0 saturated carbocycles. The minimum atomic E-state index is 0.320. The maximum Gasteiger partial charge on any atom is 0.0803 e. The molecule has 0 radical (unpaired) electrons. The number of aromatic nitrogens is 1. The van der Waals surface area contributed by atoms with Crippen molar-refractivity contribution in [2.45, 2.75) is 25.9 Å². The van der Waals surface area contributed by atoms with Gasteiger partial charge >= 0.3 is 0 Å². The minimum Gasteiger partial charge on any atom is -0.347 e. The standard InChI is InChI=1S/C17H22N4/c1-3-21-11-13(12-6-4-5-7-16(12)21)17-14-10-20(2)9-8-15(14)18-19-17/h4-7,11,14,17,19H,3,8-10H2,1-2H3. The number of benzene rings is 1. The zero-order valence-corrected chi connectivity index (χ0v) is 12.7. The molecule has 0 spiro atoms. The predicted molar refractivity (Wildman–Crippen MR) is 86.5 cm³/mol. The summed E-state index contributed by atoms with van der Waals surface area (Å²) in [5, 5.41) is 5.99. The van der Waals surface area contributed by atoms with Crippen LogP contribution in [0.1, 0.15) is 24.9 Å². The maximum absolute atomic E-state index is 4.62. The first kappa shape index (κ1) is 12.9. The topological polar surface area (TPSA) is 32.6 Å². The third-order valence-corrected chi connectivity index (χ3v) is 4.93. The van der Waals surface area contributed by atoms with Crippen molar-refractivity contribution >= 4 is 16.6 Å². The lowest BCUT2D eigenvalue weighted by Crippen LogP contribution is -2.39. The number of aryl methyl sites for hydroxylation is 1. The molecule has 2 aliphatic rings. The second kappa shape index (κ2) is 4.88. The maximum atomic E-state index is 4.62. The molecule has 1 fully saturated rings. The highest BCUT2D eigenvalue weighted by Crippen LogP contribution is 2.36. The van der Waals surface area contributed by atoms with Crippen LogP contribution in [0.5, 0.6) is 0 Å². The summed E-state index contributed by atoms with van der Waals surface area (Å²) in [4.78, 5) is 2.42. The van der Waals surface area contributed by atoms with Crippen molar-refractivity contribution in [2.24, 2.45) is 11.0 Å². The minimum absolute atomic E-state index is 0.320. The first-order chi connectivity index (χ1) is 10.3. The molecule has 4 nitrogen and oxygen atoms in total. The molecule has 0 aliphatic carbocycles. The van der Waals surface area contributed by atoms with Crippen molar-refractivity contribution in [1.82, 2.24) is 14.9 Å². The molecule has 1 saturated heterocycles. The van der Waals surface area contributed by atoms with E-state index < -0.39 is 0 Å². The summed E-state index contributed by atoms with van der Waals surface area (Å²) < 4.78 is 2.34. The summed E-state index contributed by atoms with van der Waals surface area (Å²) in [6.07, 6.45) is 3.41. The number of likely N-dealkylation sites (tertiary alicyclic amines) is 1. The van der Waals surface area contributed by atoms with Crippen LogP contribution >= 0.6 is 0 Å². The van der Waals surface area contributed by atoms with E-state index >= 15 is 0 Å². The SMILES string of the molecule is CCn1cc(C2NN=C3CCN(C)CC32)c2ccccc21. The lowest BCUT2D eigenvalue weighted by atomic mass is 9.86. The molecule has 2 aromatic rings. The Bertz CT molecular complexity index is 700. The van der Waals surface area contributed by atoms with Crippen molar-refractivity contribution < 1.29 is 0 Å². The monoisotopic (exact) mass is 282 g/mol. The summed E-state index contributed by atoms with van der Waals surface area (Å²) in [7, 11) is 2.21. The van der Waals surface area contributed by atoms with Crippen LogP contribution in [-0.2, 0) is 6.54 Å². The van der Waals surface area contributed by atoms with Gasteiger partial charge in [-0.15, -0.1) is 0 Å². The normalized spacial score (nSPS) is 25.7. The summed E-state index contributed by atoms with van der Waals surface area (Å²) in [5.41, 5.74) is 7.49. The third kappa shape index (κ3) is 1.97. The van der Waals surface area contributed by atoms with Gasteiger partial charge in [-0.1, -0.05) is 18.2 Å². The van der Waals surface area contributed by atoms with Gasteiger partial charge in [0.25, 0.3) is 0 Å². The molecule has 1 aromatic heterocycles. The number of hydrogen-bond acceptors (Lipinski definition) is 3. The molecule has 2 atom stereocenters. The van der Waals surface area contributed by atoms with Crippen LogP contribution in [0, 0.1) is 5.92 Å². The van der Waals surface area contributed by atoms with Crippen LogP contribution in [0.2, 0.25) is 0 Å². The van der Waals surface area contributed by atoms with Crippen LogP contribution in [0.3, 0.4) is 0 Å². The number of rotatable bonds is 2. The second-order valence-corrected chi connectivity index (χ2v) is 6.22. The summed E-state index contributed by atoms with van der Waals surface area (Å²) in [5.74, 6) is 0.514. The second-order valence-electron chi connectivity index (χ2n) is 6.22. The molecule has 110 valence electrons. The zero-order valence-electron chi connectivity index (χ0n) is 12.7. The van der Waals surface area contributed by atoms with Crippen LogP contribution in [0.25, 0.3) is 10.9 Å². The van der Waals surface area contributed by atoms with Crippen LogP contribution in [-0.4, -0.2) is 35.3 Å². The number of fused-ring (bicyclic) bond motifs is 2. The molecule has 1 aromatic carbocycles. The Balaban J connectivity index is 1.77. The summed E-state index contributed by atoms with van der Waals surface area (Å²) in [6, 6.07) is 9.03. The van der Waals surface area contributed by atoms with Gasteiger partial charge in [0.05, 0.1) is 6.04 Å². The van der Waals surface area contributed by atoms with Gasteiger partial charge in [0, 0.05) is 60.3 Å². The van der Waals surface area contributed by atoms with E-state index in [9.17, 15) is 0 Å². The van der Waals surface area contributed by atoms with Crippen LogP contribution in [0.15, 0.2) is 35.6 Å². The summed E-state index contributed by atoms with van der Waals surface area (Å²) in [6.45, 7) is 5.43. The quantitative estimate of drug-likeness (QED) is 0.918. The largest absolute Gasteiger partial charge is 0.347 e. The van der Waals surface area contributed by atoms with Crippen LogP contribution < -0.4 is 5.43 Å². The molecule has 3 heterocycles. The molecule has 2 unspecified atom stereocenters. The van der Waals surface area contributed by atoms with Crippen molar-refractivity contribution in [3.63, 3.8) is 0 Å². The highest BCUT2D eigenvalue weighted by atomic mass is 15.4. The number of hydrogen-bond donors (Lipinski definition) is 1. The number of nitrogens with zero attached hydrogens (tertiary/aromatic N) is 3. The smallest absolute Gasteiger partial charge is 0.0803 e. The van der Waals surface area contributed by atoms with E-state index in [1.54, 1.807) is 0 Å².